The van der Waals surface area contributed by atoms with E-state index >= 15 is 0 Å². The van der Waals surface area contributed by atoms with E-state index in [1.165, 1.54) is 4.90 Å². The lowest BCUT2D eigenvalue weighted by Crippen LogP contribution is -2.40. The normalized spacial score (nSPS) is 10.8. The van der Waals surface area contributed by atoms with Gasteiger partial charge in [0, 0.05) is 23.6 Å². The highest BCUT2D eigenvalue weighted by atomic mass is 16.4. The fourth-order valence-electron chi connectivity index (χ4n) is 2.14. The number of carboxylic acid groups (broad SMARTS) is 1. The predicted octanol–water partition coefficient (Wildman–Crippen LogP) is 1.97. The number of carbonyl (C=O) groups is 2. The molecule has 0 unspecified atom stereocenters. The number of amides is 1. The van der Waals surface area contributed by atoms with Gasteiger partial charge in [0.1, 0.15) is 12.4 Å². The Labute approximate surface area is 134 Å². The zero-order valence-corrected chi connectivity index (χ0v) is 13.4. The Hall–Kier alpha value is -2.70. The number of hydrogen-bond acceptors (Lipinski definition) is 4. The van der Waals surface area contributed by atoms with Crippen LogP contribution in [0.1, 0.15) is 37.0 Å². The van der Waals surface area contributed by atoms with E-state index < -0.39 is 5.97 Å². The van der Waals surface area contributed by atoms with Crippen LogP contribution in [0.15, 0.2) is 24.3 Å². The highest BCUT2D eigenvalue weighted by Crippen LogP contribution is 2.17. The number of aromatic nitrogens is 3. The third-order valence-corrected chi connectivity index (χ3v) is 3.45. The molecular formula is C16H20N4O3. The quantitative estimate of drug-likeness (QED) is 0.849. The van der Waals surface area contributed by atoms with E-state index in [9.17, 15) is 9.59 Å². The minimum Gasteiger partial charge on any atom is -0.480 e. The van der Waals surface area contributed by atoms with Gasteiger partial charge in [-0.15, -0.1) is 0 Å². The van der Waals surface area contributed by atoms with E-state index in [0.717, 1.165) is 17.8 Å². The molecule has 0 fully saturated rings. The molecule has 1 aromatic heterocycles. The average Bonchev–Trinajstić information content (AvgIpc) is 3.01. The van der Waals surface area contributed by atoms with Crippen molar-refractivity contribution in [3.8, 4) is 11.4 Å². The lowest BCUT2D eigenvalue weighted by Gasteiger charge is -2.24. The van der Waals surface area contributed by atoms with Crippen LogP contribution in [-0.2, 0) is 11.2 Å². The summed E-state index contributed by atoms with van der Waals surface area (Å²) in [6.07, 6.45) is 0.766. The third-order valence-electron chi connectivity index (χ3n) is 3.45. The van der Waals surface area contributed by atoms with Crippen LogP contribution in [0.4, 0.5) is 0 Å². The Morgan fingerprint density at radius 1 is 1.26 bits per heavy atom. The van der Waals surface area contributed by atoms with Crippen molar-refractivity contribution in [2.45, 2.75) is 33.2 Å². The number of aryl methyl sites for hydroxylation is 1. The van der Waals surface area contributed by atoms with Crippen molar-refractivity contribution in [3.63, 3.8) is 0 Å². The maximum atomic E-state index is 12.4. The Balaban J connectivity index is 2.20. The van der Waals surface area contributed by atoms with Crippen LogP contribution in [0, 0.1) is 0 Å². The van der Waals surface area contributed by atoms with Gasteiger partial charge < -0.3 is 10.0 Å². The summed E-state index contributed by atoms with van der Waals surface area (Å²) in [5.41, 5.74) is 1.24. The molecule has 0 aliphatic heterocycles. The predicted molar refractivity (Wildman–Crippen MR) is 85.0 cm³/mol. The number of benzene rings is 1. The van der Waals surface area contributed by atoms with Crippen molar-refractivity contribution in [1.29, 1.82) is 0 Å². The maximum absolute atomic E-state index is 12.4. The number of hydrogen-bond donors (Lipinski definition) is 2. The molecule has 2 N–H and O–H groups in total. The highest BCUT2D eigenvalue weighted by Gasteiger charge is 2.21. The fourth-order valence-corrected chi connectivity index (χ4v) is 2.14. The summed E-state index contributed by atoms with van der Waals surface area (Å²) >= 11 is 0. The second kappa shape index (κ2) is 7.04. The number of aliphatic carboxylic acids is 1. The lowest BCUT2D eigenvalue weighted by atomic mass is 10.1. The van der Waals surface area contributed by atoms with Crippen LogP contribution in [0.3, 0.4) is 0 Å². The molecule has 0 aliphatic carbocycles. The number of rotatable bonds is 6. The molecule has 7 heteroatoms. The highest BCUT2D eigenvalue weighted by molar-refractivity contribution is 5.96. The SMILES string of the molecule is CCc1nc(-c2ccc(C(=O)N(CC(=O)O)C(C)C)cc2)n[nH]1. The van der Waals surface area contributed by atoms with Crippen LogP contribution in [0.5, 0.6) is 0 Å². The van der Waals surface area contributed by atoms with Crippen LogP contribution >= 0.6 is 0 Å². The second-order valence-electron chi connectivity index (χ2n) is 5.46. The Morgan fingerprint density at radius 2 is 1.91 bits per heavy atom. The molecule has 0 saturated carbocycles. The van der Waals surface area contributed by atoms with Crippen LogP contribution < -0.4 is 0 Å². The van der Waals surface area contributed by atoms with Gasteiger partial charge in [-0.1, -0.05) is 19.1 Å². The van der Waals surface area contributed by atoms with E-state index in [-0.39, 0.29) is 18.5 Å². The molecule has 1 amide bonds. The van der Waals surface area contributed by atoms with Crippen LogP contribution in [0.2, 0.25) is 0 Å². The summed E-state index contributed by atoms with van der Waals surface area (Å²) in [6, 6.07) is 6.65. The molecule has 1 aromatic carbocycles. The van der Waals surface area contributed by atoms with Gasteiger partial charge in [-0.3, -0.25) is 14.7 Å². The number of nitrogens with one attached hydrogen (secondary N) is 1. The third kappa shape index (κ3) is 3.94. The van der Waals surface area contributed by atoms with E-state index in [4.69, 9.17) is 5.11 Å². The topological polar surface area (TPSA) is 99.2 Å². The minimum absolute atomic E-state index is 0.196. The standard InChI is InChI=1S/C16H20N4O3/c1-4-13-17-15(19-18-13)11-5-7-12(8-6-11)16(23)20(10(2)3)9-14(21)22/h5-8,10H,4,9H2,1-3H3,(H,21,22)(H,17,18,19). The van der Waals surface area contributed by atoms with E-state index in [0.29, 0.717) is 11.4 Å². The maximum Gasteiger partial charge on any atom is 0.323 e. The van der Waals surface area contributed by atoms with E-state index in [1.54, 1.807) is 38.1 Å². The van der Waals surface area contributed by atoms with Crippen molar-refractivity contribution in [2.75, 3.05) is 6.54 Å². The van der Waals surface area contributed by atoms with Gasteiger partial charge in [0.05, 0.1) is 0 Å². The van der Waals surface area contributed by atoms with E-state index in [1.807, 2.05) is 6.92 Å². The Bertz CT molecular complexity index is 692. The number of H-pyrrole nitrogens is 1. The molecule has 0 aliphatic rings. The minimum atomic E-state index is -1.03. The number of aromatic amines is 1. The molecule has 1 heterocycles. The molecule has 122 valence electrons. The Morgan fingerprint density at radius 3 is 2.39 bits per heavy atom. The zero-order valence-electron chi connectivity index (χ0n) is 13.4. The van der Waals surface area contributed by atoms with Crippen molar-refractivity contribution < 1.29 is 14.7 Å². The van der Waals surface area contributed by atoms with Gasteiger partial charge in [-0.05, 0) is 26.0 Å². The van der Waals surface area contributed by atoms with Crippen molar-refractivity contribution in [2.24, 2.45) is 0 Å². The fraction of sp³-hybridized carbons (Fsp3) is 0.375. The molecule has 2 rings (SSSR count). The van der Waals surface area contributed by atoms with Crippen molar-refractivity contribution in [3.05, 3.63) is 35.7 Å². The molecule has 0 bridgehead atoms. The van der Waals surface area contributed by atoms with Gasteiger partial charge in [0.15, 0.2) is 5.82 Å². The molecule has 0 saturated heterocycles. The lowest BCUT2D eigenvalue weighted by molar-refractivity contribution is -0.138. The monoisotopic (exact) mass is 316 g/mol. The molecule has 0 radical (unpaired) electrons. The molecule has 23 heavy (non-hydrogen) atoms. The Kier molecular flexibility index (Phi) is 5.10. The number of carboxylic acids is 1. The number of nitrogens with zero attached hydrogens (tertiary/aromatic N) is 3. The molecule has 2 aromatic rings. The van der Waals surface area contributed by atoms with Gasteiger partial charge in [-0.2, -0.15) is 5.10 Å². The van der Waals surface area contributed by atoms with Crippen molar-refractivity contribution in [1.82, 2.24) is 20.1 Å². The first-order chi connectivity index (χ1) is 10.9. The van der Waals surface area contributed by atoms with Crippen molar-refractivity contribution >= 4 is 11.9 Å². The second-order valence-corrected chi connectivity index (χ2v) is 5.46. The molecule has 0 spiro atoms. The van der Waals surface area contributed by atoms with Gasteiger partial charge in [0.2, 0.25) is 0 Å². The van der Waals surface area contributed by atoms with Crippen LogP contribution in [0.25, 0.3) is 11.4 Å². The summed E-state index contributed by atoms with van der Waals surface area (Å²) < 4.78 is 0. The van der Waals surface area contributed by atoms with Gasteiger partial charge in [-0.25, -0.2) is 4.98 Å². The zero-order chi connectivity index (χ0) is 17.0. The van der Waals surface area contributed by atoms with Gasteiger partial charge >= 0.3 is 5.97 Å². The van der Waals surface area contributed by atoms with Gasteiger partial charge in [0.25, 0.3) is 5.91 Å². The molecule has 7 nitrogen and oxygen atoms in total. The first kappa shape index (κ1) is 16.7. The largest absolute Gasteiger partial charge is 0.480 e. The first-order valence-corrected chi connectivity index (χ1v) is 7.46. The first-order valence-electron chi connectivity index (χ1n) is 7.46. The summed E-state index contributed by atoms with van der Waals surface area (Å²) in [5, 5.41) is 15.9. The molecular weight excluding hydrogens is 296 g/mol. The van der Waals surface area contributed by atoms with Crippen LogP contribution in [-0.4, -0.2) is 49.7 Å². The molecule has 0 atom stereocenters. The number of carbonyl (C=O) groups excluding carboxylic acids is 1. The summed E-state index contributed by atoms with van der Waals surface area (Å²) in [5.74, 6) is 0.0365. The van der Waals surface area contributed by atoms with E-state index in [2.05, 4.69) is 15.2 Å². The summed E-state index contributed by atoms with van der Waals surface area (Å²) in [4.78, 5) is 29.0. The average molecular weight is 316 g/mol. The summed E-state index contributed by atoms with van der Waals surface area (Å²) in [7, 11) is 0. The summed E-state index contributed by atoms with van der Waals surface area (Å²) in [6.45, 7) is 5.23. The smallest absolute Gasteiger partial charge is 0.323 e.